The molecular formula is C13H18ClN3O3. The third-order valence-electron chi connectivity index (χ3n) is 3.19. The molecule has 6 nitrogen and oxygen atoms in total. The Morgan fingerprint density at radius 3 is 2.95 bits per heavy atom. The van der Waals surface area contributed by atoms with Crippen LogP contribution >= 0.6 is 12.4 Å². The Balaban J connectivity index is 0.00000200. The summed E-state index contributed by atoms with van der Waals surface area (Å²) in [5, 5.41) is 16.8. The fourth-order valence-electron chi connectivity index (χ4n) is 2.20. The average Bonchev–Trinajstić information content (AvgIpc) is 2.90. The molecule has 1 atom stereocenters. The zero-order valence-electron chi connectivity index (χ0n) is 11.0. The maximum atomic E-state index is 11.7. The molecule has 1 heterocycles. The molecule has 1 saturated heterocycles. The Bertz CT molecular complexity index is 476. The first-order chi connectivity index (χ1) is 9.15. The number of nitrogens with one attached hydrogen (secondary N) is 2. The number of non-ortho nitro benzene ring substituents is 1. The van der Waals surface area contributed by atoms with Gasteiger partial charge in [0.05, 0.1) is 11.3 Å². The summed E-state index contributed by atoms with van der Waals surface area (Å²) in [5.41, 5.74) is 0.675. The number of carbonyl (C=O) groups is 1. The molecule has 1 aliphatic heterocycles. The molecule has 1 aliphatic rings. The van der Waals surface area contributed by atoms with Crippen molar-refractivity contribution in [2.24, 2.45) is 0 Å². The molecule has 0 aromatic heterocycles. The molecule has 110 valence electrons. The van der Waals surface area contributed by atoms with Crippen LogP contribution in [0.15, 0.2) is 24.3 Å². The van der Waals surface area contributed by atoms with Crippen molar-refractivity contribution in [3.63, 3.8) is 0 Å². The van der Waals surface area contributed by atoms with E-state index in [4.69, 9.17) is 0 Å². The second-order valence-corrected chi connectivity index (χ2v) is 4.70. The first-order valence-corrected chi connectivity index (χ1v) is 6.38. The van der Waals surface area contributed by atoms with Gasteiger partial charge in [0, 0.05) is 24.7 Å². The van der Waals surface area contributed by atoms with Crippen molar-refractivity contribution in [1.82, 2.24) is 10.6 Å². The standard InChI is InChI=1S/C13H17N3O3.ClH/c17-13(15-9-11-4-2-6-14-11)8-10-3-1-5-12(7-10)16(18)19;/h1,3,5,7,11,14H,2,4,6,8-9H2,(H,15,17);1H. The van der Waals surface area contributed by atoms with Gasteiger partial charge < -0.3 is 10.6 Å². The van der Waals surface area contributed by atoms with Crippen molar-refractivity contribution in [3.8, 4) is 0 Å². The summed E-state index contributed by atoms with van der Waals surface area (Å²) >= 11 is 0. The number of hydrogen-bond donors (Lipinski definition) is 2. The van der Waals surface area contributed by atoms with Gasteiger partial charge >= 0.3 is 0 Å². The molecule has 1 fully saturated rings. The number of nitro groups is 1. The van der Waals surface area contributed by atoms with E-state index < -0.39 is 4.92 Å². The lowest BCUT2D eigenvalue weighted by molar-refractivity contribution is -0.384. The van der Waals surface area contributed by atoms with Crippen molar-refractivity contribution < 1.29 is 9.72 Å². The van der Waals surface area contributed by atoms with Crippen molar-refractivity contribution in [2.75, 3.05) is 13.1 Å². The van der Waals surface area contributed by atoms with Crippen LogP contribution < -0.4 is 10.6 Å². The van der Waals surface area contributed by atoms with E-state index in [0.29, 0.717) is 18.2 Å². The highest BCUT2D eigenvalue weighted by molar-refractivity contribution is 5.85. The van der Waals surface area contributed by atoms with Gasteiger partial charge in [0.1, 0.15) is 0 Å². The number of halogens is 1. The SMILES string of the molecule is Cl.O=C(Cc1cccc([N+](=O)[O-])c1)NCC1CCCN1. The Hall–Kier alpha value is -1.66. The van der Waals surface area contributed by atoms with Crippen molar-refractivity contribution in [2.45, 2.75) is 25.3 Å². The molecule has 1 aromatic rings. The summed E-state index contributed by atoms with van der Waals surface area (Å²) in [6, 6.07) is 6.53. The molecule has 0 spiro atoms. The van der Waals surface area contributed by atoms with E-state index in [1.807, 2.05) is 0 Å². The normalized spacial score (nSPS) is 17.3. The maximum Gasteiger partial charge on any atom is 0.269 e. The summed E-state index contributed by atoms with van der Waals surface area (Å²) in [6.07, 6.45) is 2.40. The number of hydrogen-bond acceptors (Lipinski definition) is 4. The second-order valence-electron chi connectivity index (χ2n) is 4.70. The molecular weight excluding hydrogens is 282 g/mol. The molecule has 2 rings (SSSR count). The molecule has 0 radical (unpaired) electrons. The minimum atomic E-state index is -0.455. The first kappa shape index (κ1) is 16.4. The fourth-order valence-corrected chi connectivity index (χ4v) is 2.20. The maximum absolute atomic E-state index is 11.7. The second kappa shape index (κ2) is 7.81. The Morgan fingerprint density at radius 2 is 2.30 bits per heavy atom. The van der Waals surface area contributed by atoms with Gasteiger partial charge in [-0.2, -0.15) is 0 Å². The van der Waals surface area contributed by atoms with Gasteiger partial charge in [0.25, 0.3) is 5.69 Å². The van der Waals surface area contributed by atoms with Crippen LogP contribution in [0.25, 0.3) is 0 Å². The molecule has 1 amide bonds. The number of benzene rings is 1. The average molecular weight is 300 g/mol. The van der Waals surface area contributed by atoms with E-state index in [9.17, 15) is 14.9 Å². The van der Waals surface area contributed by atoms with Crippen LogP contribution in [0.4, 0.5) is 5.69 Å². The summed E-state index contributed by atoms with van der Waals surface area (Å²) < 4.78 is 0. The third-order valence-corrected chi connectivity index (χ3v) is 3.19. The van der Waals surface area contributed by atoms with Gasteiger partial charge in [-0.15, -0.1) is 12.4 Å². The molecule has 2 N–H and O–H groups in total. The number of carbonyl (C=O) groups excluding carboxylic acids is 1. The monoisotopic (exact) mass is 299 g/mol. The lowest BCUT2D eigenvalue weighted by Crippen LogP contribution is -2.37. The zero-order chi connectivity index (χ0) is 13.7. The third kappa shape index (κ3) is 4.79. The molecule has 1 unspecified atom stereocenters. The summed E-state index contributed by atoms with van der Waals surface area (Å²) in [5.74, 6) is -0.103. The van der Waals surface area contributed by atoms with Gasteiger partial charge in [-0.25, -0.2) is 0 Å². The highest BCUT2D eigenvalue weighted by atomic mass is 35.5. The van der Waals surface area contributed by atoms with Crippen molar-refractivity contribution >= 4 is 24.0 Å². The van der Waals surface area contributed by atoms with Gasteiger partial charge in [0.2, 0.25) is 5.91 Å². The molecule has 20 heavy (non-hydrogen) atoms. The van der Waals surface area contributed by atoms with Crippen LogP contribution in [0, 0.1) is 10.1 Å². The van der Waals surface area contributed by atoms with E-state index >= 15 is 0 Å². The van der Waals surface area contributed by atoms with Crippen LogP contribution in [0.1, 0.15) is 18.4 Å². The van der Waals surface area contributed by atoms with Crippen LogP contribution in [-0.2, 0) is 11.2 Å². The summed E-state index contributed by atoms with van der Waals surface area (Å²) in [4.78, 5) is 21.9. The van der Waals surface area contributed by atoms with E-state index in [1.54, 1.807) is 12.1 Å². The van der Waals surface area contributed by atoms with E-state index in [1.165, 1.54) is 12.1 Å². The van der Waals surface area contributed by atoms with Crippen LogP contribution in [0.2, 0.25) is 0 Å². The van der Waals surface area contributed by atoms with Crippen LogP contribution in [0.5, 0.6) is 0 Å². The smallest absolute Gasteiger partial charge is 0.269 e. The van der Waals surface area contributed by atoms with Gasteiger partial charge in [-0.3, -0.25) is 14.9 Å². The predicted octanol–water partition coefficient (Wildman–Crippen LogP) is 1.43. The summed E-state index contributed by atoms with van der Waals surface area (Å²) in [6.45, 7) is 1.62. The van der Waals surface area contributed by atoms with Gasteiger partial charge in [-0.05, 0) is 24.9 Å². The lowest BCUT2D eigenvalue weighted by Gasteiger charge is -2.11. The van der Waals surface area contributed by atoms with Crippen molar-refractivity contribution in [1.29, 1.82) is 0 Å². The van der Waals surface area contributed by atoms with Crippen LogP contribution in [0.3, 0.4) is 0 Å². The molecule has 1 aromatic carbocycles. The minimum Gasteiger partial charge on any atom is -0.354 e. The van der Waals surface area contributed by atoms with E-state index in [2.05, 4.69) is 10.6 Å². The highest BCUT2D eigenvalue weighted by Crippen LogP contribution is 2.13. The zero-order valence-corrected chi connectivity index (χ0v) is 11.8. The lowest BCUT2D eigenvalue weighted by atomic mass is 10.1. The van der Waals surface area contributed by atoms with Gasteiger partial charge in [0.15, 0.2) is 0 Å². The van der Waals surface area contributed by atoms with E-state index in [-0.39, 0.29) is 30.4 Å². The molecule has 0 aliphatic carbocycles. The Kier molecular flexibility index (Phi) is 6.41. The number of nitro benzene ring substituents is 1. The van der Waals surface area contributed by atoms with E-state index in [0.717, 1.165) is 19.4 Å². The number of rotatable bonds is 5. The highest BCUT2D eigenvalue weighted by Gasteiger charge is 2.15. The number of amides is 1. The van der Waals surface area contributed by atoms with Gasteiger partial charge in [-0.1, -0.05) is 12.1 Å². The Morgan fingerprint density at radius 1 is 1.50 bits per heavy atom. The molecule has 0 saturated carbocycles. The topological polar surface area (TPSA) is 84.3 Å². The predicted molar refractivity (Wildman–Crippen MR) is 78.1 cm³/mol. The Labute approximate surface area is 123 Å². The molecule has 7 heteroatoms. The van der Waals surface area contributed by atoms with Crippen molar-refractivity contribution in [3.05, 3.63) is 39.9 Å². The summed E-state index contributed by atoms with van der Waals surface area (Å²) in [7, 11) is 0. The molecule has 0 bridgehead atoms. The van der Waals surface area contributed by atoms with Crippen LogP contribution in [-0.4, -0.2) is 30.0 Å². The fraction of sp³-hybridized carbons (Fsp3) is 0.462. The number of nitrogens with zero attached hydrogens (tertiary/aromatic N) is 1. The first-order valence-electron chi connectivity index (χ1n) is 6.38. The largest absolute Gasteiger partial charge is 0.354 e. The quantitative estimate of drug-likeness (QED) is 0.636. The minimum absolute atomic E-state index is 0.